The van der Waals surface area contributed by atoms with Crippen LogP contribution >= 0.6 is 11.6 Å². The summed E-state index contributed by atoms with van der Waals surface area (Å²) in [5.74, 6) is 0. The molecule has 0 fully saturated rings. The molecule has 2 aromatic carbocycles. The summed E-state index contributed by atoms with van der Waals surface area (Å²) in [6, 6.07) is 15.3. The van der Waals surface area contributed by atoms with Gasteiger partial charge in [0, 0.05) is 42.0 Å². The van der Waals surface area contributed by atoms with Gasteiger partial charge in [-0.05, 0) is 36.8 Å². The van der Waals surface area contributed by atoms with Gasteiger partial charge in [-0.2, -0.15) is 13.2 Å². The lowest BCUT2D eigenvalue weighted by molar-refractivity contribution is -0.554. The maximum atomic E-state index is 13.3. The Balaban J connectivity index is 2.31. The first-order valence-electron chi connectivity index (χ1n) is 10.0. The van der Waals surface area contributed by atoms with Crippen molar-refractivity contribution >= 4 is 28.6 Å². The lowest BCUT2D eigenvalue weighted by Crippen LogP contribution is -2.32. The average molecular weight is 446 g/mol. The third-order valence-corrected chi connectivity index (χ3v) is 5.41. The molecule has 0 saturated heterocycles. The van der Waals surface area contributed by atoms with Crippen molar-refractivity contribution in [1.29, 1.82) is 0 Å². The van der Waals surface area contributed by atoms with Crippen molar-refractivity contribution in [2.75, 3.05) is 32.1 Å². The maximum absolute atomic E-state index is 13.3. The summed E-state index contributed by atoms with van der Waals surface area (Å²) in [6.07, 6.45) is 2.88. The van der Waals surface area contributed by atoms with Crippen molar-refractivity contribution < 1.29 is 17.7 Å². The van der Waals surface area contributed by atoms with E-state index >= 15 is 0 Å². The molecule has 0 aliphatic heterocycles. The fraction of sp³-hybridized carbons (Fsp3) is 0.240. The number of halogens is 4. The van der Waals surface area contributed by atoms with Crippen LogP contribution in [0.25, 0.3) is 5.57 Å². The van der Waals surface area contributed by atoms with Crippen molar-refractivity contribution in [3.8, 4) is 0 Å². The Hall–Kier alpha value is -2.79. The lowest BCUT2D eigenvalue weighted by atomic mass is 9.88. The van der Waals surface area contributed by atoms with Crippen LogP contribution in [0.2, 0.25) is 5.02 Å². The van der Waals surface area contributed by atoms with Gasteiger partial charge in [-0.25, -0.2) is 4.58 Å². The van der Waals surface area contributed by atoms with Crippen LogP contribution in [0.3, 0.4) is 0 Å². The van der Waals surface area contributed by atoms with Gasteiger partial charge in [0.25, 0.3) is 0 Å². The molecule has 0 spiro atoms. The van der Waals surface area contributed by atoms with E-state index in [9.17, 15) is 13.2 Å². The molecular formula is C25H25ClF3N2+. The number of allylic oxidation sites excluding steroid dienone is 5. The molecule has 6 heteroatoms. The summed E-state index contributed by atoms with van der Waals surface area (Å²) in [4.78, 5) is 2.00. The second-order valence-electron chi connectivity index (χ2n) is 7.44. The van der Waals surface area contributed by atoms with Crippen LogP contribution in [0.15, 0.2) is 78.4 Å². The zero-order valence-electron chi connectivity index (χ0n) is 17.7. The van der Waals surface area contributed by atoms with Crippen molar-refractivity contribution in [2.45, 2.75) is 13.1 Å². The van der Waals surface area contributed by atoms with Crippen molar-refractivity contribution in [1.82, 2.24) is 0 Å². The van der Waals surface area contributed by atoms with E-state index in [4.69, 9.17) is 11.6 Å². The zero-order chi connectivity index (χ0) is 22.6. The van der Waals surface area contributed by atoms with E-state index in [1.165, 1.54) is 4.58 Å². The smallest absolute Gasteiger partial charge is 0.378 e. The van der Waals surface area contributed by atoms with Crippen LogP contribution in [0, 0.1) is 0 Å². The molecule has 0 N–H and O–H groups in total. The van der Waals surface area contributed by atoms with Crippen LogP contribution < -0.4 is 4.90 Å². The fourth-order valence-corrected chi connectivity index (χ4v) is 3.82. The molecule has 0 radical (unpaired) electrons. The van der Waals surface area contributed by atoms with E-state index < -0.39 is 12.7 Å². The molecule has 1 aliphatic carbocycles. The molecule has 0 heterocycles. The standard InChI is InChI=1S/C25H25ClF3N2/c1-4-31(17-25(27,28)29)23-12-8-6-10-21(23)24(20-9-5-7-11-22(20)26)18-13-15-19(16-14-18)30(2)3/h5-16H,4,17H2,1-3H3/q+1. The predicted molar refractivity (Wildman–Crippen MR) is 123 cm³/mol. The van der Waals surface area contributed by atoms with Crippen LogP contribution in [0.1, 0.15) is 18.1 Å². The fourth-order valence-electron chi connectivity index (χ4n) is 3.59. The molecule has 2 nitrogen and oxygen atoms in total. The Morgan fingerprint density at radius 2 is 1.61 bits per heavy atom. The second kappa shape index (κ2) is 9.56. The van der Waals surface area contributed by atoms with Gasteiger partial charge >= 0.3 is 6.18 Å². The molecule has 3 rings (SSSR count). The molecule has 1 aliphatic rings. The van der Waals surface area contributed by atoms with E-state index in [1.807, 2.05) is 73.6 Å². The number of rotatable bonds is 5. The van der Waals surface area contributed by atoms with Crippen LogP contribution in [0.5, 0.6) is 0 Å². The predicted octanol–water partition coefficient (Wildman–Crippen LogP) is 6.37. The molecule has 2 aromatic rings. The molecule has 162 valence electrons. The molecule has 0 saturated carbocycles. The van der Waals surface area contributed by atoms with Crippen molar-refractivity contribution in [2.24, 2.45) is 0 Å². The molecule has 0 amide bonds. The maximum Gasteiger partial charge on any atom is 0.448 e. The molecule has 31 heavy (non-hydrogen) atoms. The first-order valence-corrected chi connectivity index (χ1v) is 10.4. The number of alkyl halides is 3. The number of hydrogen-bond acceptors (Lipinski definition) is 1. The van der Waals surface area contributed by atoms with Gasteiger partial charge < -0.3 is 4.90 Å². The minimum absolute atomic E-state index is 0.228. The number of benzene rings is 2. The van der Waals surface area contributed by atoms with Gasteiger partial charge in [0.2, 0.25) is 12.3 Å². The van der Waals surface area contributed by atoms with Crippen LogP contribution in [-0.4, -0.2) is 43.6 Å². The summed E-state index contributed by atoms with van der Waals surface area (Å²) in [5, 5.41) is 0.544. The summed E-state index contributed by atoms with van der Waals surface area (Å²) in [6.45, 7) is 0.936. The monoisotopic (exact) mass is 445 g/mol. The second-order valence-corrected chi connectivity index (χ2v) is 7.85. The van der Waals surface area contributed by atoms with E-state index in [0.29, 0.717) is 16.3 Å². The summed E-state index contributed by atoms with van der Waals surface area (Å²) < 4.78 is 41.1. The summed E-state index contributed by atoms with van der Waals surface area (Å²) in [7, 11) is 3.92. The van der Waals surface area contributed by atoms with Crippen molar-refractivity contribution in [3.05, 3.63) is 94.6 Å². The van der Waals surface area contributed by atoms with Gasteiger partial charge in [-0.15, -0.1) is 0 Å². The zero-order valence-corrected chi connectivity index (χ0v) is 18.5. The summed E-state index contributed by atoms with van der Waals surface area (Å²) >= 11 is 6.55. The minimum Gasteiger partial charge on any atom is -0.378 e. The quantitative estimate of drug-likeness (QED) is 0.485. The van der Waals surface area contributed by atoms with Gasteiger partial charge in [0.15, 0.2) is 0 Å². The number of hydrogen-bond donors (Lipinski definition) is 0. The molecule has 0 bridgehead atoms. The van der Waals surface area contributed by atoms with E-state index in [2.05, 4.69) is 0 Å². The Morgan fingerprint density at radius 1 is 0.968 bits per heavy atom. The van der Waals surface area contributed by atoms with Crippen LogP contribution in [0.4, 0.5) is 18.9 Å². The number of nitrogens with zero attached hydrogens (tertiary/aromatic N) is 2. The Morgan fingerprint density at radius 3 is 2.19 bits per heavy atom. The van der Waals surface area contributed by atoms with Gasteiger partial charge in [0.05, 0.1) is 5.57 Å². The Kier molecular flexibility index (Phi) is 7.06. The highest BCUT2D eigenvalue weighted by Gasteiger charge is 2.36. The minimum atomic E-state index is -4.30. The van der Waals surface area contributed by atoms with E-state index in [0.717, 1.165) is 22.4 Å². The first kappa shape index (κ1) is 22.9. The Labute approximate surface area is 186 Å². The third-order valence-electron chi connectivity index (χ3n) is 5.08. The highest BCUT2D eigenvalue weighted by Crippen LogP contribution is 2.35. The average Bonchev–Trinajstić information content (AvgIpc) is 2.74. The highest BCUT2D eigenvalue weighted by molar-refractivity contribution is 6.33. The molecule has 0 atom stereocenters. The van der Waals surface area contributed by atoms with E-state index in [1.54, 1.807) is 25.1 Å². The highest BCUT2D eigenvalue weighted by atomic mass is 35.5. The van der Waals surface area contributed by atoms with Crippen molar-refractivity contribution in [3.63, 3.8) is 0 Å². The number of anilines is 1. The van der Waals surface area contributed by atoms with E-state index in [-0.39, 0.29) is 6.54 Å². The topological polar surface area (TPSA) is 6.25 Å². The third kappa shape index (κ3) is 5.47. The lowest BCUT2D eigenvalue weighted by Gasteiger charge is -2.19. The SMILES string of the molecule is CC[N+](CC(F)(F)F)=C1C=CC=CC1=C(c1ccc(N(C)C)cc1)c1ccccc1Cl. The van der Waals surface area contributed by atoms with Crippen LogP contribution in [-0.2, 0) is 0 Å². The summed E-state index contributed by atoms with van der Waals surface area (Å²) in [5.41, 5.74) is 4.72. The first-order chi connectivity index (χ1) is 14.7. The normalized spacial score (nSPS) is 17.0. The molecule has 0 aromatic heterocycles. The van der Waals surface area contributed by atoms with Gasteiger partial charge in [-0.1, -0.05) is 54.1 Å². The Bertz CT molecular complexity index is 1060. The molecule has 0 unspecified atom stereocenters. The van der Waals surface area contributed by atoms with Gasteiger partial charge in [-0.3, -0.25) is 0 Å². The largest absolute Gasteiger partial charge is 0.448 e. The molecular weight excluding hydrogens is 421 g/mol. The van der Waals surface area contributed by atoms with Gasteiger partial charge in [0.1, 0.15) is 6.54 Å².